The Morgan fingerprint density at radius 1 is 1.27 bits per heavy atom. The molecule has 3 unspecified atom stereocenters. The van der Waals surface area contributed by atoms with Crippen molar-refractivity contribution in [3.8, 4) is 17.3 Å². The van der Waals surface area contributed by atoms with E-state index in [0.717, 1.165) is 48.7 Å². The number of ether oxygens (including phenoxy) is 1. The van der Waals surface area contributed by atoms with E-state index in [1.165, 1.54) is 6.42 Å². The van der Waals surface area contributed by atoms with Crippen molar-refractivity contribution in [3.63, 3.8) is 0 Å². The van der Waals surface area contributed by atoms with Crippen LogP contribution in [0.25, 0.3) is 22.3 Å². The van der Waals surface area contributed by atoms with Crippen LogP contribution in [-0.2, 0) is 11.5 Å². The highest BCUT2D eigenvalue weighted by Crippen LogP contribution is 2.37. The van der Waals surface area contributed by atoms with Crippen LogP contribution in [0.3, 0.4) is 0 Å². The zero-order valence-corrected chi connectivity index (χ0v) is 21.4. The van der Waals surface area contributed by atoms with Gasteiger partial charge in [0.05, 0.1) is 32.1 Å². The Hall–Kier alpha value is -2.54. The van der Waals surface area contributed by atoms with Gasteiger partial charge in [-0.25, -0.2) is 9.97 Å². The maximum absolute atomic E-state index is 8.84. The van der Waals surface area contributed by atoms with E-state index in [2.05, 4.69) is 69.2 Å². The molecule has 3 heterocycles. The quantitative estimate of drug-likeness (QED) is 0.477. The first-order valence-electron chi connectivity index (χ1n) is 11.6. The van der Waals surface area contributed by atoms with E-state index in [1.807, 2.05) is 12.4 Å². The van der Waals surface area contributed by atoms with Crippen LogP contribution in [0, 0.1) is 17.2 Å². The highest BCUT2D eigenvalue weighted by molar-refractivity contribution is 6.77. The van der Waals surface area contributed by atoms with Gasteiger partial charge in [-0.1, -0.05) is 19.6 Å². The lowest BCUT2D eigenvalue weighted by molar-refractivity contribution is 0.0589. The standard InChI is InChI=1S/C23H32N6OSi.CH4O/c1-17(31(2,3)4)30-16-28-11-9-21-22(25-15-26-23(21)28)19-13-27-29(14-19)20-8-7-18(12-20)6-5-10-24;1-2/h9,11,13-15,17-18,20H,5-8,12,16H2,1-4H3;2H,1H3. The summed E-state index contributed by atoms with van der Waals surface area (Å²) < 4.78 is 10.3. The highest BCUT2D eigenvalue weighted by Gasteiger charge is 2.27. The minimum atomic E-state index is -1.34. The fraction of sp³-hybridized carbons (Fsp3) is 0.583. The van der Waals surface area contributed by atoms with Crippen molar-refractivity contribution in [2.75, 3.05) is 7.11 Å². The van der Waals surface area contributed by atoms with Gasteiger partial charge in [-0.15, -0.1) is 0 Å². The van der Waals surface area contributed by atoms with Gasteiger partial charge in [0.15, 0.2) is 0 Å². The van der Waals surface area contributed by atoms with Crippen molar-refractivity contribution >= 4 is 19.1 Å². The molecule has 9 heteroatoms. The van der Waals surface area contributed by atoms with Crippen molar-refractivity contribution in [1.29, 1.82) is 5.26 Å². The topological polar surface area (TPSA) is 102 Å². The van der Waals surface area contributed by atoms with E-state index in [4.69, 9.17) is 15.1 Å². The van der Waals surface area contributed by atoms with E-state index in [1.54, 1.807) is 6.33 Å². The minimum absolute atomic E-state index is 0.271. The molecule has 1 aliphatic carbocycles. The fourth-order valence-electron chi connectivity index (χ4n) is 4.26. The lowest BCUT2D eigenvalue weighted by atomic mass is 10.0. The molecule has 33 heavy (non-hydrogen) atoms. The molecule has 3 aromatic rings. The maximum atomic E-state index is 8.84. The molecule has 0 saturated heterocycles. The summed E-state index contributed by atoms with van der Waals surface area (Å²) in [4.78, 5) is 9.09. The van der Waals surface area contributed by atoms with E-state index in [0.29, 0.717) is 25.1 Å². The Kier molecular flexibility index (Phi) is 8.40. The zero-order valence-electron chi connectivity index (χ0n) is 20.4. The third-order valence-corrected chi connectivity index (χ3v) is 9.27. The van der Waals surface area contributed by atoms with Crippen LogP contribution in [0.4, 0.5) is 0 Å². The molecular formula is C24H36N6O2Si. The van der Waals surface area contributed by atoms with Gasteiger partial charge in [0.25, 0.3) is 0 Å². The summed E-state index contributed by atoms with van der Waals surface area (Å²) in [5.74, 6) is 0.635. The largest absolute Gasteiger partial charge is 0.400 e. The second-order valence-electron chi connectivity index (χ2n) is 9.79. The predicted molar refractivity (Wildman–Crippen MR) is 132 cm³/mol. The average Bonchev–Trinajstić information content (AvgIpc) is 3.56. The Morgan fingerprint density at radius 2 is 2.06 bits per heavy atom. The third-order valence-electron chi connectivity index (χ3n) is 6.67. The van der Waals surface area contributed by atoms with Crippen LogP contribution in [0.5, 0.6) is 0 Å². The number of aliphatic hydroxyl groups excluding tert-OH is 1. The van der Waals surface area contributed by atoms with Gasteiger partial charge >= 0.3 is 0 Å². The van der Waals surface area contributed by atoms with Crippen molar-refractivity contribution in [1.82, 2.24) is 24.3 Å². The van der Waals surface area contributed by atoms with Crippen LogP contribution in [0.15, 0.2) is 31.0 Å². The molecule has 0 aromatic carbocycles. The van der Waals surface area contributed by atoms with E-state index in [-0.39, 0.29) is 5.73 Å². The normalized spacial score (nSPS) is 19.2. The average molecular weight is 469 g/mol. The van der Waals surface area contributed by atoms with Crippen LogP contribution < -0.4 is 0 Å². The number of hydrogen-bond acceptors (Lipinski definition) is 6. The number of rotatable bonds is 8. The van der Waals surface area contributed by atoms with E-state index < -0.39 is 8.07 Å². The van der Waals surface area contributed by atoms with Gasteiger partial charge in [0, 0.05) is 42.6 Å². The summed E-state index contributed by atoms with van der Waals surface area (Å²) in [6, 6.07) is 4.75. The monoisotopic (exact) mass is 468 g/mol. The molecule has 0 radical (unpaired) electrons. The Labute approximate surface area is 197 Å². The molecular weight excluding hydrogens is 432 g/mol. The Bertz CT molecular complexity index is 1080. The SMILES string of the molecule is CC(OCn1ccc2c(-c3cnn(C4CCC(CCC#N)C4)c3)ncnc21)[Si](C)(C)C.CO. The van der Waals surface area contributed by atoms with Crippen molar-refractivity contribution < 1.29 is 9.84 Å². The molecule has 1 aliphatic rings. The maximum Gasteiger partial charge on any atom is 0.145 e. The lowest BCUT2D eigenvalue weighted by Gasteiger charge is -2.25. The first-order chi connectivity index (χ1) is 15.9. The van der Waals surface area contributed by atoms with Gasteiger partial charge in [-0.3, -0.25) is 4.68 Å². The highest BCUT2D eigenvalue weighted by atomic mass is 28.3. The molecule has 0 amide bonds. The molecule has 8 nitrogen and oxygen atoms in total. The van der Waals surface area contributed by atoms with Crippen molar-refractivity contribution in [2.45, 2.75) is 77.2 Å². The van der Waals surface area contributed by atoms with Crippen LogP contribution in [0.2, 0.25) is 19.6 Å². The first-order valence-corrected chi connectivity index (χ1v) is 15.2. The smallest absolute Gasteiger partial charge is 0.145 e. The van der Waals surface area contributed by atoms with Gasteiger partial charge < -0.3 is 14.4 Å². The number of hydrogen-bond donors (Lipinski definition) is 1. The number of nitrogens with zero attached hydrogens (tertiary/aromatic N) is 6. The molecule has 0 bridgehead atoms. The number of nitriles is 1. The van der Waals surface area contributed by atoms with Crippen LogP contribution in [0.1, 0.15) is 45.1 Å². The van der Waals surface area contributed by atoms with E-state index in [9.17, 15) is 0 Å². The minimum Gasteiger partial charge on any atom is -0.400 e. The van der Waals surface area contributed by atoms with Crippen LogP contribution in [-0.4, -0.2) is 50.3 Å². The summed E-state index contributed by atoms with van der Waals surface area (Å²) in [5, 5.41) is 21.5. The summed E-state index contributed by atoms with van der Waals surface area (Å²) in [5.41, 5.74) is 3.08. The number of aliphatic hydroxyl groups is 1. The molecule has 3 aromatic heterocycles. The summed E-state index contributed by atoms with van der Waals surface area (Å²) >= 11 is 0. The number of aromatic nitrogens is 5. The van der Waals surface area contributed by atoms with Gasteiger partial charge in [0.1, 0.15) is 18.7 Å². The van der Waals surface area contributed by atoms with Gasteiger partial charge in [0.2, 0.25) is 0 Å². The fourth-order valence-corrected chi connectivity index (χ4v) is 4.83. The summed E-state index contributed by atoms with van der Waals surface area (Å²) in [6.07, 6.45) is 12.7. The Morgan fingerprint density at radius 3 is 2.79 bits per heavy atom. The Balaban J connectivity index is 0.00000149. The molecule has 0 aliphatic heterocycles. The van der Waals surface area contributed by atoms with Gasteiger partial charge in [-0.05, 0) is 44.6 Å². The molecule has 0 spiro atoms. The molecule has 4 rings (SSSR count). The summed E-state index contributed by atoms with van der Waals surface area (Å²) in [6.45, 7) is 9.62. The molecule has 178 valence electrons. The zero-order chi connectivity index (χ0) is 24.0. The summed E-state index contributed by atoms with van der Waals surface area (Å²) in [7, 11) is -0.343. The first kappa shape index (κ1) is 25.1. The number of fused-ring (bicyclic) bond motifs is 1. The predicted octanol–water partition coefficient (Wildman–Crippen LogP) is 4.79. The molecule has 3 atom stereocenters. The second kappa shape index (κ2) is 11.1. The molecule has 1 fully saturated rings. The lowest BCUT2D eigenvalue weighted by Crippen LogP contribution is -2.38. The van der Waals surface area contributed by atoms with Gasteiger partial charge in [-0.2, -0.15) is 10.4 Å². The van der Waals surface area contributed by atoms with Crippen LogP contribution >= 0.6 is 0 Å². The molecule has 1 saturated carbocycles. The second-order valence-corrected chi connectivity index (χ2v) is 15.3. The molecule has 1 N–H and O–H groups in total. The van der Waals surface area contributed by atoms with Crippen molar-refractivity contribution in [2.24, 2.45) is 5.92 Å². The third kappa shape index (κ3) is 5.88. The van der Waals surface area contributed by atoms with E-state index >= 15 is 0 Å². The van der Waals surface area contributed by atoms with Crippen molar-refractivity contribution in [3.05, 3.63) is 31.0 Å².